The molecule has 0 aromatic heterocycles. The highest BCUT2D eigenvalue weighted by Crippen LogP contribution is 2.46. The first-order chi connectivity index (χ1) is 18.2. The normalized spacial score (nSPS) is 12.3. The van der Waals surface area contributed by atoms with Gasteiger partial charge in [-0.15, -0.1) is 0 Å². The maximum Gasteiger partial charge on any atom is 0.534 e. The van der Waals surface area contributed by atoms with Crippen molar-refractivity contribution in [3.05, 3.63) is 115 Å². The summed E-state index contributed by atoms with van der Waals surface area (Å²) in [5.41, 5.74) is -2.12. The third-order valence-corrected chi connectivity index (χ3v) is 7.57. The van der Waals surface area contributed by atoms with Gasteiger partial charge in [-0.3, -0.25) is 0 Å². The maximum atomic E-state index is 13.2. The Balaban J connectivity index is 1.74. The van der Waals surface area contributed by atoms with Crippen molar-refractivity contribution >= 4 is 42.4 Å². The zero-order valence-corrected chi connectivity index (χ0v) is 20.6. The molecule has 6 aromatic carbocycles. The van der Waals surface area contributed by atoms with Gasteiger partial charge in [0.15, 0.2) is 0 Å². The Morgan fingerprint density at radius 3 is 1.58 bits per heavy atom. The fraction of sp³-hybridized carbons (Fsp3) is 0.0323. The first-order valence-corrected chi connectivity index (χ1v) is 13.2. The predicted octanol–water partition coefficient (Wildman–Crippen LogP) is 8.71. The number of halogens is 3. The van der Waals surface area contributed by atoms with Crippen LogP contribution in [0.3, 0.4) is 0 Å². The van der Waals surface area contributed by atoms with Crippen molar-refractivity contribution in [2.24, 2.45) is 0 Å². The summed E-state index contributed by atoms with van der Waals surface area (Å²) in [6, 6.07) is 35.5. The highest BCUT2D eigenvalue weighted by Gasteiger charge is 2.48. The number of hydrogen-bond acceptors (Lipinski definition) is 3. The Morgan fingerprint density at radius 2 is 1.03 bits per heavy atom. The van der Waals surface area contributed by atoms with Gasteiger partial charge in [-0.25, -0.2) is 0 Å². The molecule has 0 spiro atoms. The molecule has 0 aliphatic heterocycles. The lowest BCUT2D eigenvalue weighted by Gasteiger charge is -2.19. The summed E-state index contributed by atoms with van der Waals surface area (Å²) in [5, 5.41) is 5.00. The molecule has 0 atom stereocenters. The fourth-order valence-corrected chi connectivity index (χ4v) is 5.49. The number of alkyl halides is 3. The van der Waals surface area contributed by atoms with Crippen LogP contribution in [0.1, 0.15) is 0 Å². The lowest BCUT2D eigenvalue weighted by atomic mass is 9.84. The largest absolute Gasteiger partial charge is 0.534 e. The second-order valence-electron chi connectivity index (χ2n) is 8.88. The lowest BCUT2D eigenvalue weighted by Crippen LogP contribution is -2.28. The van der Waals surface area contributed by atoms with Crippen molar-refractivity contribution in [3.8, 4) is 28.0 Å². The molecule has 3 nitrogen and oxygen atoms in total. The first kappa shape index (κ1) is 24.0. The van der Waals surface area contributed by atoms with E-state index in [1.807, 2.05) is 91.0 Å². The van der Waals surface area contributed by atoms with Gasteiger partial charge in [-0.1, -0.05) is 103 Å². The Hall–Kier alpha value is -4.36. The SMILES string of the molecule is O=S(=O)(Oc1cc(-c2c3ccccc3c(-c3ccccc3)c3ccccc23)c2ccccc2c1)C(F)(F)F. The highest BCUT2D eigenvalue weighted by atomic mass is 32.2. The van der Waals surface area contributed by atoms with Crippen LogP contribution >= 0.6 is 0 Å². The van der Waals surface area contributed by atoms with Crippen molar-refractivity contribution in [3.63, 3.8) is 0 Å². The molecule has 6 aromatic rings. The number of rotatable bonds is 4. The van der Waals surface area contributed by atoms with E-state index in [1.54, 1.807) is 12.1 Å². The van der Waals surface area contributed by atoms with Crippen LogP contribution in [0.5, 0.6) is 5.75 Å². The van der Waals surface area contributed by atoms with E-state index in [2.05, 4.69) is 4.18 Å². The van der Waals surface area contributed by atoms with Crippen LogP contribution in [-0.4, -0.2) is 13.9 Å². The van der Waals surface area contributed by atoms with Gasteiger partial charge in [-0.05, 0) is 66.7 Å². The van der Waals surface area contributed by atoms with Crippen LogP contribution in [0.2, 0.25) is 0 Å². The van der Waals surface area contributed by atoms with Crippen LogP contribution in [0, 0.1) is 0 Å². The number of hydrogen-bond donors (Lipinski definition) is 0. The highest BCUT2D eigenvalue weighted by molar-refractivity contribution is 7.88. The van der Waals surface area contributed by atoms with E-state index in [4.69, 9.17) is 0 Å². The van der Waals surface area contributed by atoms with Crippen LogP contribution in [-0.2, 0) is 10.1 Å². The van der Waals surface area contributed by atoms with E-state index in [1.165, 1.54) is 12.1 Å². The quantitative estimate of drug-likeness (QED) is 0.131. The summed E-state index contributed by atoms with van der Waals surface area (Å²) in [6.07, 6.45) is 0. The van der Waals surface area contributed by atoms with Crippen molar-refractivity contribution in [2.45, 2.75) is 5.51 Å². The van der Waals surface area contributed by atoms with Crippen LogP contribution in [0.15, 0.2) is 115 Å². The third kappa shape index (κ3) is 3.96. The number of fused-ring (bicyclic) bond motifs is 3. The molecular weight excluding hydrogens is 509 g/mol. The molecule has 6 rings (SSSR count). The monoisotopic (exact) mass is 528 g/mol. The molecule has 188 valence electrons. The summed E-state index contributed by atoms with van der Waals surface area (Å²) in [4.78, 5) is 0. The summed E-state index contributed by atoms with van der Waals surface area (Å²) in [5.74, 6) is -0.406. The van der Waals surface area contributed by atoms with Gasteiger partial charge in [0.05, 0.1) is 0 Å². The van der Waals surface area contributed by atoms with Crippen molar-refractivity contribution in [1.29, 1.82) is 0 Å². The minimum absolute atomic E-state index is 0.406. The predicted molar refractivity (Wildman–Crippen MR) is 145 cm³/mol. The van der Waals surface area contributed by atoms with Crippen molar-refractivity contribution in [2.75, 3.05) is 0 Å². The maximum absolute atomic E-state index is 13.2. The van der Waals surface area contributed by atoms with Crippen molar-refractivity contribution in [1.82, 2.24) is 0 Å². The van der Waals surface area contributed by atoms with Crippen molar-refractivity contribution < 1.29 is 25.8 Å². The van der Waals surface area contributed by atoms with Gasteiger partial charge in [0.2, 0.25) is 0 Å². The van der Waals surface area contributed by atoms with Gasteiger partial charge in [0.1, 0.15) is 5.75 Å². The Labute approximate surface area is 216 Å². The molecule has 38 heavy (non-hydrogen) atoms. The third-order valence-electron chi connectivity index (χ3n) is 6.59. The molecule has 0 amide bonds. The molecule has 0 N–H and O–H groups in total. The summed E-state index contributed by atoms with van der Waals surface area (Å²) >= 11 is 0. The molecule has 0 unspecified atom stereocenters. The average molecular weight is 529 g/mol. The van der Waals surface area contributed by atoms with Gasteiger partial charge in [0, 0.05) is 0 Å². The van der Waals surface area contributed by atoms with Gasteiger partial charge in [-0.2, -0.15) is 21.6 Å². The van der Waals surface area contributed by atoms with E-state index in [0.717, 1.165) is 43.6 Å². The molecule has 0 aliphatic rings. The van der Waals surface area contributed by atoms with Crippen LogP contribution in [0.4, 0.5) is 13.2 Å². The molecule has 0 bridgehead atoms. The second-order valence-corrected chi connectivity index (χ2v) is 10.4. The smallest absolute Gasteiger partial charge is 0.376 e. The zero-order chi connectivity index (χ0) is 26.5. The Kier molecular flexibility index (Phi) is 5.61. The summed E-state index contributed by atoms with van der Waals surface area (Å²) in [6.45, 7) is 0. The second kappa shape index (κ2) is 8.89. The Bertz CT molecular complexity index is 1890. The molecule has 0 heterocycles. The summed E-state index contributed by atoms with van der Waals surface area (Å²) < 4.78 is 67.9. The van der Waals surface area contributed by atoms with E-state index >= 15 is 0 Å². The first-order valence-electron chi connectivity index (χ1n) is 11.8. The summed E-state index contributed by atoms with van der Waals surface area (Å²) in [7, 11) is -5.85. The minimum Gasteiger partial charge on any atom is -0.376 e. The van der Waals surface area contributed by atoms with Crippen LogP contribution < -0.4 is 4.18 Å². The molecule has 7 heteroatoms. The van der Waals surface area contributed by atoms with Gasteiger partial charge < -0.3 is 4.18 Å². The average Bonchev–Trinajstić information content (AvgIpc) is 2.91. The van der Waals surface area contributed by atoms with E-state index in [-0.39, 0.29) is 0 Å². The lowest BCUT2D eigenvalue weighted by molar-refractivity contribution is -0.0500. The Morgan fingerprint density at radius 1 is 0.553 bits per heavy atom. The molecule has 0 aliphatic carbocycles. The van der Waals surface area contributed by atoms with Gasteiger partial charge >= 0.3 is 15.6 Å². The minimum atomic E-state index is -5.85. The fourth-order valence-electron chi connectivity index (χ4n) is 5.05. The standard InChI is InChI=1S/C31H19F3O3S/c32-31(33,34)38(35,36)37-22-18-21-12-4-5-13-23(21)28(19-22)30-26-16-8-6-14-24(26)29(20-10-2-1-3-11-20)25-15-7-9-17-27(25)30/h1-19H. The van der Waals surface area contributed by atoms with Crippen LogP contribution in [0.25, 0.3) is 54.6 Å². The number of benzene rings is 6. The topological polar surface area (TPSA) is 43.4 Å². The molecule has 0 radical (unpaired) electrons. The molecular formula is C31H19F3O3S. The van der Waals surface area contributed by atoms with E-state index in [0.29, 0.717) is 10.9 Å². The molecule has 0 saturated heterocycles. The zero-order valence-electron chi connectivity index (χ0n) is 19.7. The molecule has 0 fully saturated rings. The molecule has 0 saturated carbocycles. The van der Waals surface area contributed by atoms with Gasteiger partial charge in [0.25, 0.3) is 0 Å². The van der Waals surface area contributed by atoms with E-state index < -0.39 is 21.4 Å². The van der Waals surface area contributed by atoms with E-state index in [9.17, 15) is 21.6 Å².